The van der Waals surface area contributed by atoms with E-state index < -0.39 is 0 Å². The summed E-state index contributed by atoms with van der Waals surface area (Å²) in [6.07, 6.45) is 2.39. The Morgan fingerprint density at radius 2 is 1.73 bits per heavy atom. The van der Waals surface area contributed by atoms with Crippen molar-refractivity contribution in [3.8, 4) is 11.5 Å². The quantitative estimate of drug-likeness (QED) is 0.454. The van der Waals surface area contributed by atoms with Crippen LogP contribution >= 0.6 is 28.3 Å². The number of unbranched alkanes of at least 4 members (excludes halogenated alkanes) is 1. The van der Waals surface area contributed by atoms with E-state index in [0.29, 0.717) is 13.2 Å². The Labute approximate surface area is 172 Å². The molecule has 2 aromatic rings. The number of nitrogens with one attached hydrogen (secondary N) is 1. The molecule has 2 rings (SSSR count). The highest BCUT2D eigenvalue weighted by atomic mass is 79.9. The molecule has 26 heavy (non-hydrogen) atoms. The molecule has 0 spiro atoms. The maximum Gasteiger partial charge on any atom is 0.175 e. The third-order valence-corrected chi connectivity index (χ3v) is 4.50. The summed E-state index contributed by atoms with van der Waals surface area (Å²) in [5, 5.41) is 3.46. The fourth-order valence-corrected chi connectivity index (χ4v) is 3.10. The third-order valence-electron chi connectivity index (χ3n) is 3.91. The van der Waals surface area contributed by atoms with Gasteiger partial charge in [0, 0.05) is 6.54 Å². The van der Waals surface area contributed by atoms with Crippen LogP contribution in [0, 0.1) is 6.92 Å². The first kappa shape index (κ1) is 22.8. The summed E-state index contributed by atoms with van der Waals surface area (Å²) in [4.78, 5) is 0. The van der Waals surface area contributed by atoms with E-state index >= 15 is 0 Å². The number of benzene rings is 2. The smallest absolute Gasteiger partial charge is 0.175 e. The van der Waals surface area contributed by atoms with Gasteiger partial charge in [0.1, 0.15) is 6.61 Å². The maximum atomic E-state index is 6.05. The fraction of sp³-hybridized carbons (Fsp3) is 0.429. The van der Waals surface area contributed by atoms with Crippen molar-refractivity contribution in [3.05, 3.63) is 57.6 Å². The normalized spacial score (nSPS) is 10.3. The average molecular weight is 443 g/mol. The monoisotopic (exact) mass is 441 g/mol. The van der Waals surface area contributed by atoms with Crippen LogP contribution in [0.15, 0.2) is 40.9 Å². The van der Waals surface area contributed by atoms with Crippen LogP contribution in [0.2, 0.25) is 0 Å². The van der Waals surface area contributed by atoms with Gasteiger partial charge in [-0.05, 0) is 66.0 Å². The van der Waals surface area contributed by atoms with Crippen molar-refractivity contribution >= 4 is 28.3 Å². The topological polar surface area (TPSA) is 30.5 Å². The van der Waals surface area contributed by atoms with Crippen molar-refractivity contribution in [1.82, 2.24) is 5.32 Å². The predicted octanol–water partition coefficient (Wildman–Crippen LogP) is 6.05. The first-order chi connectivity index (χ1) is 12.1. The van der Waals surface area contributed by atoms with Gasteiger partial charge in [0.2, 0.25) is 0 Å². The zero-order chi connectivity index (χ0) is 18.1. The van der Waals surface area contributed by atoms with E-state index in [9.17, 15) is 0 Å². The second kappa shape index (κ2) is 12.2. The highest BCUT2D eigenvalue weighted by molar-refractivity contribution is 9.10. The molecule has 0 saturated heterocycles. The standard InChI is InChI=1S/C21H28BrNO2.ClH/c1-4-6-11-23-14-18-12-19(22)21(20(13-18)24-5-2)25-15-17-9-7-16(3)8-10-17;/h7-10,12-13,23H,4-6,11,14-15H2,1-3H3;1H. The van der Waals surface area contributed by atoms with Crippen LogP contribution in [0.4, 0.5) is 0 Å². The number of halogens is 2. The molecule has 0 saturated carbocycles. The fourth-order valence-electron chi connectivity index (χ4n) is 2.50. The van der Waals surface area contributed by atoms with Crippen molar-refractivity contribution in [2.24, 2.45) is 0 Å². The summed E-state index contributed by atoms with van der Waals surface area (Å²) in [5.41, 5.74) is 3.58. The van der Waals surface area contributed by atoms with Gasteiger partial charge < -0.3 is 14.8 Å². The lowest BCUT2D eigenvalue weighted by atomic mass is 10.1. The molecule has 0 atom stereocenters. The molecule has 0 unspecified atom stereocenters. The summed E-state index contributed by atoms with van der Waals surface area (Å²) < 4.78 is 12.8. The van der Waals surface area contributed by atoms with Crippen molar-refractivity contribution in [3.63, 3.8) is 0 Å². The van der Waals surface area contributed by atoms with Crippen molar-refractivity contribution in [2.45, 2.75) is 46.8 Å². The van der Waals surface area contributed by atoms with Gasteiger partial charge in [-0.3, -0.25) is 0 Å². The van der Waals surface area contributed by atoms with Gasteiger partial charge in [-0.1, -0.05) is 43.2 Å². The Hall–Kier alpha value is -1.23. The van der Waals surface area contributed by atoms with Gasteiger partial charge in [0.05, 0.1) is 11.1 Å². The molecule has 0 amide bonds. The molecule has 2 aromatic carbocycles. The summed E-state index contributed by atoms with van der Waals surface area (Å²) in [7, 11) is 0. The summed E-state index contributed by atoms with van der Waals surface area (Å²) in [5.74, 6) is 1.55. The molecule has 5 heteroatoms. The first-order valence-electron chi connectivity index (χ1n) is 8.98. The Kier molecular flexibility index (Phi) is 10.7. The lowest BCUT2D eigenvalue weighted by Crippen LogP contribution is -2.14. The lowest BCUT2D eigenvalue weighted by molar-refractivity contribution is 0.267. The molecule has 1 N–H and O–H groups in total. The van der Waals surface area contributed by atoms with Crippen molar-refractivity contribution in [1.29, 1.82) is 0 Å². The zero-order valence-corrected chi connectivity index (χ0v) is 18.2. The van der Waals surface area contributed by atoms with Gasteiger partial charge in [-0.15, -0.1) is 12.4 Å². The second-order valence-corrected chi connectivity index (χ2v) is 7.00. The summed E-state index contributed by atoms with van der Waals surface area (Å²) >= 11 is 3.64. The molecule has 0 aromatic heterocycles. The van der Waals surface area contributed by atoms with Crippen molar-refractivity contribution in [2.75, 3.05) is 13.2 Å². The number of hydrogen-bond donors (Lipinski definition) is 1. The SMILES string of the molecule is CCCCNCc1cc(Br)c(OCc2ccc(C)cc2)c(OCC)c1.Cl. The molecule has 0 aliphatic rings. The molecule has 0 aliphatic carbocycles. The van der Waals surface area contributed by atoms with Crippen LogP contribution in [-0.4, -0.2) is 13.2 Å². The van der Waals surface area contributed by atoms with E-state index in [2.05, 4.69) is 71.5 Å². The molecule has 0 aliphatic heterocycles. The highest BCUT2D eigenvalue weighted by Crippen LogP contribution is 2.37. The molecular weight excluding hydrogens is 414 g/mol. The summed E-state index contributed by atoms with van der Waals surface area (Å²) in [6.45, 7) is 9.27. The molecule has 0 bridgehead atoms. The van der Waals surface area contributed by atoms with Crippen LogP contribution < -0.4 is 14.8 Å². The molecule has 144 valence electrons. The van der Waals surface area contributed by atoms with E-state index in [1.165, 1.54) is 24.0 Å². The largest absolute Gasteiger partial charge is 0.490 e. The third kappa shape index (κ3) is 7.18. The molecule has 0 fully saturated rings. The minimum atomic E-state index is 0. The molecule has 0 heterocycles. The Balaban J connectivity index is 0.00000338. The average Bonchev–Trinajstić information content (AvgIpc) is 2.60. The van der Waals surface area contributed by atoms with E-state index in [1.807, 2.05) is 6.92 Å². The van der Waals surface area contributed by atoms with E-state index in [0.717, 1.165) is 34.6 Å². The molecular formula is C21H29BrClNO2. The zero-order valence-electron chi connectivity index (χ0n) is 15.8. The molecule has 3 nitrogen and oxygen atoms in total. The van der Waals surface area contributed by atoms with Crippen molar-refractivity contribution < 1.29 is 9.47 Å². The number of hydrogen-bond acceptors (Lipinski definition) is 3. The highest BCUT2D eigenvalue weighted by Gasteiger charge is 2.12. The van der Waals surface area contributed by atoms with Crippen LogP contribution in [0.5, 0.6) is 11.5 Å². The first-order valence-corrected chi connectivity index (χ1v) is 9.77. The Morgan fingerprint density at radius 3 is 2.38 bits per heavy atom. The van der Waals surface area contributed by atoms with E-state index in [1.54, 1.807) is 0 Å². The van der Waals surface area contributed by atoms with Crippen LogP contribution in [0.25, 0.3) is 0 Å². The minimum Gasteiger partial charge on any atom is -0.490 e. The Morgan fingerprint density at radius 1 is 1.00 bits per heavy atom. The van der Waals surface area contributed by atoms with Gasteiger partial charge in [0.15, 0.2) is 11.5 Å². The van der Waals surface area contributed by atoms with Gasteiger partial charge in [-0.25, -0.2) is 0 Å². The predicted molar refractivity (Wildman–Crippen MR) is 115 cm³/mol. The Bertz CT molecular complexity index is 662. The van der Waals surface area contributed by atoms with Gasteiger partial charge in [-0.2, -0.15) is 0 Å². The maximum absolute atomic E-state index is 6.05. The lowest BCUT2D eigenvalue weighted by Gasteiger charge is -2.16. The van der Waals surface area contributed by atoms with Gasteiger partial charge >= 0.3 is 0 Å². The summed E-state index contributed by atoms with van der Waals surface area (Å²) in [6, 6.07) is 12.6. The van der Waals surface area contributed by atoms with Crippen LogP contribution in [-0.2, 0) is 13.2 Å². The molecule has 0 radical (unpaired) electrons. The van der Waals surface area contributed by atoms with Crippen LogP contribution in [0.3, 0.4) is 0 Å². The van der Waals surface area contributed by atoms with Gasteiger partial charge in [0.25, 0.3) is 0 Å². The number of rotatable bonds is 10. The number of aryl methyl sites for hydroxylation is 1. The minimum absolute atomic E-state index is 0. The van der Waals surface area contributed by atoms with E-state index in [-0.39, 0.29) is 12.4 Å². The number of ether oxygens (including phenoxy) is 2. The second-order valence-electron chi connectivity index (χ2n) is 6.14. The van der Waals surface area contributed by atoms with E-state index in [4.69, 9.17) is 9.47 Å². The van der Waals surface area contributed by atoms with Crippen LogP contribution in [0.1, 0.15) is 43.4 Å².